The zero-order valence-corrected chi connectivity index (χ0v) is 14.4. The maximum Gasteiger partial charge on any atom is 0.315 e. The number of rotatable bonds is 6. The summed E-state index contributed by atoms with van der Waals surface area (Å²) in [6, 6.07) is 16.1. The number of nitrogens with one attached hydrogen (secondary N) is 3. The molecule has 3 aromatic rings. The van der Waals surface area contributed by atoms with Crippen LogP contribution in [0.5, 0.6) is 0 Å². The lowest BCUT2D eigenvalue weighted by Gasteiger charge is -2.09. The SMILES string of the molecule is O=C(NCc1ccc(NC(=O)c2ccco2)cc1)NCc1ccccc1F. The molecule has 0 spiro atoms. The van der Waals surface area contributed by atoms with Gasteiger partial charge in [-0.1, -0.05) is 30.3 Å². The molecule has 3 amide bonds. The van der Waals surface area contributed by atoms with Crippen molar-refractivity contribution in [3.63, 3.8) is 0 Å². The van der Waals surface area contributed by atoms with Crippen LogP contribution in [0.25, 0.3) is 0 Å². The molecule has 2 aromatic carbocycles. The van der Waals surface area contributed by atoms with Gasteiger partial charge >= 0.3 is 6.03 Å². The molecule has 0 aliphatic rings. The number of hydrogen-bond acceptors (Lipinski definition) is 3. The van der Waals surface area contributed by atoms with Gasteiger partial charge in [-0.25, -0.2) is 9.18 Å². The summed E-state index contributed by atoms with van der Waals surface area (Å²) < 4.78 is 18.5. The van der Waals surface area contributed by atoms with E-state index in [0.717, 1.165) is 5.56 Å². The Morgan fingerprint density at radius 1 is 0.889 bits per heavy atom. The number of furan rings is 1. The monoisotopic (exact) mass is 367 g/mol. The minimum Gasteiger partial charge on any atom is -0.459 e. The van der Waals surface area contributed by atoms with E-state index in [-0.39, 0.29) is 24.0 Å². The highest BCUT2D eigenvalue weighted by atomic mass is 19.1. The van der Waals surface area contributed by atoms with Crippen molar-refractivity contribution in [1.82, 2.24) is 10.6 Å². The Morgan fingerprint density at radius 2 is 1.63 bits per heavy atom. The fourth-order valence-electron chi connectivity index (χ4n) is 2.37. The zero-order chi connectivity index (χ0) is 19.1. The van der Waals surface area contributed by atoms with Crippen LogP contribution < -0.4 is 16.0 Å². The maximum absolute atomic E-state index is 13.5. The van der Waals surface area contributed by atoms with Gasteiger partial charge in [0.25, 0.3) is 5.91 Å². The third-order valence-corrected chi connectivity index (χ3v) is 3.81. The molecule has 1 heterocycles. The average Bonchev–Trinajstić information content (AvgIpc) is 3.22. The van der Waals surface area contributed by atoms with Gasteiger partial charge < -0.3 is 20.4 Å². The summed E-state index contributed by atoms with van der Waals surface area (Å²) in [5.41, 5.74) is 1.89. The minimum atomic E-state index is -0.395. The minimum absolute atomic E-state index is 0.107. The third kappa shape index (κ3) is 5.18. The van der Waals surface area contributed by atoms with Crippen molar-refractivity contribution in [2.75, 3.05) is 5.32 Å². The maximum atomic E-state index is 13.5. The second-order valence-corrected chi connectivity index (χ2v) is 5.76. The largest absolute Gasteiger partial charge is 0.459 e. The van der Waals surface area contributed by atoms with Crippen molar-refractivity contribution in [3.05, 3.63) is 89.6 Å². The van der Waals surface area contributed by atoms with E-state index < -0.39 is 6.03 Å². The molecule has 1 aromatic heterocycles. The lowest BCUT2D eigenvalue weighted by Crippen LogP contribution is -2.34. The van der Waals surface area contributed by atoms with Crippen LogP contribution in [0.3, 0.4) is 0 Å². The van der Waals surface area contributed by atoms with E-state index in [9.17, 15) is 14.0 Å². The Labute approximate surface area is 155 Å². The molecular formula is C20H18FN3O3. The Hall–Kier alpha value is -3.61. The van der Waals surface area contributed by atoms with Crippen LogP contribution in [0, 0.1) is 5.82 Å². The van der Waals surface area contributed by atoms with Gasteiger partial charge in [-0.3, -0.25) is 4.79 Å². The van der Waals surface area contributed by atoms with Gasteiger partial charge in [0.1, 0.15) is 5.82 Å². The summed E-state index contributed by atoms with van der Waals surface area (Å²) in [5, 5.41) is 8.01. The highest BCUT2D eigenvalue weighted by molar-refractivity contribution is 6.02. The summed E-state index contributed by atoms with van der Waals surface area (Å²) in [4.78, 5) is 23.7. The number of carbonyl (C=O) groups excluding carboxylic acids is 2. The van der Waals surface area contributed by atoms with Gasteiger partial charge in [-0.05, 0) is 35.9 Å². The van der Waals surface area contributed by atoms with E-state index in [2.05, 4.69) is 16.0 Å². The van der Waals surface area contributed by atoms with Crippen LogP contribution in [0.4, 0.5) is 14.9 Å². The molecule has 0 fully saturated rings. The predicted molar refractivity (Wildman–Crippen MR) is 98.6 cm³/mol. The summed E-state index contributed by atoms with van der Waals surface area (Å²) in [5.74, 6) is -0.462. The molecule has 0 aliphatic carbocycles. The number of amides is 3. The van der Waals surface area contributed by atoms with Crippen LogP contribution in [0.15, 0.2) is 71.3 Å². The van der Waals surface area contributed by atoms with Crippen LogP contribution in [0.2, 0.25) is 0 Å². The van der Waals surface area contributed by atoms with E-state index in [1.807, 2.05) is 0 Å². The fourth-order valence-corrected chi connectivity index (χ4v) is 2.37. The highest BCUT2D eigenvalue weighted by Gasteiger charge is 2.08. The molecule has 0 aliphatic heterocycles. The Kier molecular flexibility index (Phi) is 5.84. The Balaban J connectivity index is 1.45. The molecule has 0 radical (unpaired) electrons. The number of urea groups is 1. The van der Waals surface area contributed by atoms with E-state index in [4.69, 9.17) is 4.42 Å². The van der Waals surface area contributed by atoms with E-state index in [1.165, 1.54) is 12.3 Å². The molecular weight excluding hydrogens is 349 g/mol. The molecule has 0 bridgehead atoms. The van der Waals surface area contributed by atoms with E-state index >= 15 is 0 Å². The van der Waals surface area contributed by atoms with Crippen molar-refractivity contribution >= 4 is 17.6 Å². The van der Waals surface area contributed by atoms with Gasteiger partial charge in [0, 0.05) is 24.3 Å². The first-order valence-corrected chi connectivity index (χ1v) is 8.31. The molecule has 138 valence electrons. The van der Waals surface area contributed by atoms with Crippen molar-refractivity contribution in [3.8, 4) is 0 Å². The predicted octanol–water partition coefficient (Wildman–Crippen LogP) is 3.67. The van der Waals surface area contributed by atoms with Crippen molar-refractivity contribution in [1.29, 1.82) is 0 Å². The number of hydrogen-bond donors (Lipinski definition) is 3. The fraction of sp³-hybridized carbons (Fsp3) is 0.100. The number of benzene rings is 2. The van der Waals surface area contributed by atoms with Gasteiger partial charge in [-0.2, -0.15) is 0 Å². The molecule has 6 nitrogen and oxygen atoms in total. The number of anilines is 1. The molecule has 0 atom stereocenters. The first-order valence-electron chi connectivity index (χ1n) is 8.31. The molecule has 0 saturated carbocycles. The smallest absolute Gasteiger partial charge is 0.315 e. The topological polar surface area (TPSA) is 83.4 Å². The van der Waals surface area contributed by atoms with Crippen LogP contribution >= 0.6 is 0 Å². The highest BCUT2D eigenvalue weighted by Crippen LogP contribution is 2.12. The summed E-state index contributed by atoms with van der Waals surface area (Å²) in [6.45, 7) is 0.409. The molecule has 7 heteroatoms. The second kappa shape index (κ2) is 8.66. The normalized spacial score (nSPS) is 10.3. The molecule has 3 N–H and O–H groups in total. The molecule has 27 heavy (non-hydrogen) atoms. The molecule has 0 unspecified atom stereocenters. The zero-order valence-electron chi connectivity index (χ0n) is 14.4. The van der Waals surface area contributed by atoms with E-state index in [1.54, 1.807) is 54.6 Å². The summed E-state index contributed by atoms with van der Waals surface area (Å²) in [6.07, 6.45) is 1.43. The quantitative estimate of drug-likeness (QED) is 0.622. The van der Waals surface area contributed by atoms with Crippen LogP contribution in [0.1, 0.15) is 21.7 Å². The van der Waals surface area contributed by atoms with Gasteiger partial charge in [0.15, 0.2) is 5.76 Å². The van der Waals surface area contributed by atoms with Crippen LogP contribution in [-0.2, 0) is 13.1 Å². The van der Waals surface area contributed by atoms with Crippen molar-refractivity contribution < 1.29 is 18.4 Å². The van der Waals surface area contributed by atoms with E-state index in [0.29, 0.717) is 17.8 Å². The Morgan fingerprint density at radius 3 is 2.33 bits per heavy atom. The van der Waals surface area contributed by atoms with Gasteiger partial charge in [-0.15, -0.1) is 0 Å². The van der Waals surface area contributed by atoms with Gasteiger partial charge in [0.2, 0.25) is 0 Å². The number of carbonyl (C=O) groups is 2. The van der Waals surface area contributed by atoms with Gasteiger partial charge in [0.05, 0.1) is 6.26 Å². The summed E-state index contributed by atoms with van der Waals surface area (Å²) >= 11 is 0. The van der Waals surface area contributed by atoms with Crippen LogP contribution in [-0.4, -0.2) is 11.9 Å². The first-order chi connectivity index (χ1) is 13.1. The number of halogens is 1. The Bertz CT molecular complexity index is 908. The second-order valence-electron chi connectivity index (χ2n) is 5.76. The average molecular weight is 367 g/mol. The molecule has 3 rings (SSSR count). The third-order valence-electron chi connectivity index (χ3n) is 3.81. The summed E-state index contributed by atoms with van der Waals surface area (Å²) in [7, 11) is 0. The molecule has 0 saturated heterocycles. The van der Waals surface area contributed by atoms with Crippen molar-refractivity contribution in [2.24, 2.45) is 0 Å². The first kappa shape index (κ1) is 18.2. The van der Waals surface area contributed by atoms with Crippen molar-refractivity contribution in [2.45, 2.75) is 13.1 Å². The lowest BCUT2D eigenvalue weighted by molar-refractivity contribution is 0.0996. The standard InChI is InChI=1S/C20H18FN3O3/c21-17-5-2-1-4-15(17)13-23-20(26)22-12-14-7-9-16(10-8-14)24-19(25)18-6-3-11-27-18/h1-11H,12-13H2,(H,24,25)(H2,22,23,26). The lowest BCUT2D eigenvalue weighted by atomic mass is 10.2.